The van der Waals surface area contributed by atoms with Crippen LogP contribution in [-0.2, 0) is 18.0 Å². The van der Waals surface area contributed by atoms with Gasteiger partial charge in [0.1, 0.15) is 10.4 Å². The number of benzene rings is 1. The predicted molar refractivity (Wildman–Crippen MR) is 61.4 cm³/mol. The van der Waals surface area contributed by atoms with Gasteiger partial charge in [0, 0.05) is 5.56 Å². The number of ether oxygens (including phenoxy) is 1. The molecule has 0 radical (unpaired) electrons. The van der Waals surface area contributed by atoms with Gasteiger partial charge in [-0.15, -0.1) is 0 Å². The van der Waals surface area contributed by atoms with E-state index < -0.39 is 0 Å². The molecule has 0 bridgehead atoms. The van der Waals surface area contributed by atoms with E-state index in [-0.39, 0.29) is 5.75 Å². The van der Waals surface area contributed by atoms with Crippen molar-refractivity contribution < 1.29 is 9.84 Å². The minimum atomic E-state index is 0.253. The molecule has 0 saturated heterocycles. The second-order valence-corrected chi connectivity index (χ2v) is 4.39. The van der Waals surface area contributed by atoms with Crippen LogP contribution in [0.4, 0.5) is 0 Å². The van der Waals surface area contributed by atoms with Crippen LogP contribution < -0.4 is 0 Å². The molecule has 2 heterocycles. The van der Waals surface area contributed by atoms with Crippen LogP contribution in [0.3, 0.4) is 0 Å². The number of aromatic hydroxyl groups is 1. The Hall–Kier alpha value is -1.33. The van der Waals surface area contributed by atoms with E-state index in [1.807, 2.05) is 16.8 Å². The standard InChI is InChI=1S/C11H9BrN2O2/c12-11-9-5-16-6-10(9)13-14(11)7-1-3-8(15)4-2-7/h1-4,15H,5-6H2. The van der Waals surface area contributed by atoms with Gasteiger partial charge in [0.2, 0.25) is 0 Å². The lowest BCUT2D eigenvalue weighted by Crippen LogP contribution is -1.98. The Balaban J connectivity index is 2.10. The van der Waals surface area contributed by atoms with Crippen LogP contribution >= 0.6 is 15.9 Å². The van der Waals surface area contributed by atoms with Crippen LogP contribution in [0.15, 0.2) is 28.9 Å². The first-order valence-corrected chi connectivity index (χ1v) is 5.68. The molecule has 16 heavy (non-hydrogen) atoms. The summed E-state index contributed by atoms with van der Waals surface area (Å²) >= 11 is 3.52. The van der Waals surface area contributed by atoms with E-state index in [0.717, 1.165) is 21.5 Å². The Kier molecular flexibility index (Phi) is 2.22. The Bertz CT molecular complexity index is 534. The Morgan fingerprint density at radius 3 is 2.69 bits per heavy atom. The number of nitrogens with zero attached hydrogens (tertiary/aromatic N) is 2. The number of hydrogen-bond acceptors (Lipinski definition) is 3. The van der Waals surface area contributed by atoms with E-state index in [1.165, 1.54) is 0 Å². The summed E-state index contributed by atoms with van der Waals surface area (Å²) in [5, 5.41) is 13.7. The highest BCUT2D eigenvalue weighted by molar-refractivity contribution is 9.10. The van der Waals surface area contributed by atoms with Crippen LogP contribution in [0, 0.1) is 0 Å². The van der Waals surface area contributed by atoms with Crippen LogP contribution in [0.1, 0.15) is 11.3 Å². The van der Waals surface area contributed by atoms with Crippen molar-refractivity contribution in [3.8, 4) is 11.4 Å². The number of halogens is 1. The average molecular weight is 281 g/mol. The molecule has 1 aromatic heterocycles. The maximum absolute atomic E-state index is 9.23. The molecule has 0 fully saturated rings. The molecule has 0 unspecified atom stereocenters. The van der Waals surface area contributed by atoms with Crippen LogP contribution in [-0.4, -0.2) is 14.9 Å². The number of aromatic nitrogens is 2. The summed E-state index contributed by atoms with van der Waals surface area (Å²) in [7, 11) is 0. The van der Waals surface area contributed by atoms with Crippen molar-refractivity contribution in [2.45, 2.75) is 13.2 Å². The molecule has 5 heteroatoms. The molecule has 1 aliphatic heterocycles. The van der Waals surface area contributed by atoms with Gasteiger partial charge in [0.25, 0.3) is 0 Å². The summed E-state index contributed by atoms with van der Waals surface area (Å²) in [6, 6.07) is 6.93. The minimum Gasteiger partial charge on any atom is -0.508 e. The SMILES string of the molecule is Oc1ccc(-n2nc3c(c2Br)COC3)cc1. The van der Waals surface area contributed by atoms with Crippen molar-refractivity contribution >= 4 is 15.9 Å². The third kappa shape index (κ3) is 1.44. The molecule has 0 aliphatic carbocycles. The third-order valence-electron chi connectivity index (χ3n) is 2.58. The Morgan fingerprint density at radius 2 is 2.00 bits per heavy atom. The van der Waals surface area contributed by atoms with Crippen molar-refractivity contribution in [1.82, 2.24) is 9.78 Å². The molecule has 0 amide bonds. The van der Waals surface area contributed by atoms with Gasteiger partial charge in [0.15, 0.2) is 0 Å². The normalized spacial score (nSPS) is 14.1. The molecule has 0 spiro atoms. The molecule has 0 atom stereocenters. The van der Waals surface area contributed by atoms with Crippen LogP contribution in [0.2, 0.25) is 0 Å². The molecule has 82 valence electrons. The highest BCUT2D eigenvalue weighted by atomic mass is 79.9. The Morgan fingerprint density at radius 1 is 1.25 bits per heavy atom. The zero-order chi connectivity index (χ0) is 11.1. The maximum Gasteiger partial charge on any atom is 0.115 e. The van der Waals surface area contributed by atoms with E-state index in [1.54, 1.807) is 12.1 Å². The molecule has 4 nitrogen and oxygen atoms in total. The molecular weight excluding hydrogens is 272 g/mol. The summed E-state index contributed by atoms with van der Waals surface area (Å²) in [5.74, 6) is 0.253. The first-order chi connectivity index (χ1) is 7.75. The molecule has 3 rings (SSSR count). The van der Waals surface area contributed by atoms with Gasteiger partial charge in [0.05, 0.1) is 24.6 Å². The first kappa shape index (κ1) is 9.86. The largest absolute Gasteiger partial charge is 0.508 e. The van der Waals surface area contributed by atoms with Crippen molar-refractivity contribution in [2.75, 3.05) is 0 Å². The molecular formula is C11H9BrN2O2. The summed E-state index contributed by atoms with van der Waals surface area (Å²) in [6.45, 7) is 1.17. The lowest BCUT2D eigenvalue weighted by Gasteiger charge is -2.04. The topological polar surface area (TPSA) is 47.3 Å². The second kappa shape index (κ2) is 3.61. The summed E-state index contributed by atoms with van der Waals surface area (Å²) in [4.78, 5) is 0. The van der Waals surface area contributed by atoms with Gasteiger partial charge in [-0.25, -0.2) is 4.68 Å². The van der Waals surface area contributed by atoms with E-state index >= 15 is 0 Å². The van der Waals surface area contributed by atoms with Crippen LogP contribution in [0.25, 0.3) is 5.69 Å². The average Bonchev–Trinajstić information content (AvgIpc) is 2.84. The Labute approximate surface area is 101 Å². The summed E-state index contributed by atoms with van der Waals surface area (Å²) in [5.41, 5.74) is 2.99. The van der Waals surface area contributed by atoms with E-state index in [0.29, 0.717) is 13.2 Å². The zero-order valence-corrected chi connectivity index (χ0v) is 9.94. The molecule has 1 N–H and O–H groups in total. The number of fused-ring (bicyclic) bond motifs is 1. The quantitative estimate of drug-likeness (QED) is 0.873. The predicted octanol–water partition coefficient (Wildman–Crippen LogP) is 2.37. The fourth-order valence-electron chi connectivity index (χ4n) is 1.75. The molecule has 2 aromatic rings. The van der Waals surface area contributed by atoms with Crippen molar-refractivity contribution in [3.63, 3.8) is 0 Å². The summed E-state index contributed by atoms with van der Waals surface area (Å²) < 4.78 is 8.03. The lowest BCUT2D eigenvalue weighted by atomic mass is 10.3. The number of rotatable bonds is 1. The summed E-state index contributed by atoms with van der Waals surface area (Å²) in [6.07, 6.45) is 0. The second-order valence-electron chi connectivity index (χ2n) is 3.64. The molecule has 0 saturated carbocycles. The van der Waals surface area contributed by atoms with Gasteiger partial charge >= 0.3 is 0 Å². The highest BCUT2D eigenvalue weighted by Crippen LogP contribution is 2.29. The monoisotopic (exact) mass is 280 g/mol. The first-order valence-electron chi connectivity index (χ1n) is 4.89. The van der Waals surface area contributed by atoms with E-state index in [9.17, 15) is 5.11 Å². The lowest BCUT2D eigenvalue weighted by molar-refractivity contribution is 0.131. The molecule has 1 aromatic carbocycles. The van der Waals surface area contributed by atoms with Crippen LogP contribution in [0.5, 0.6) is 5.75 Å². The number of phenols is 1. The fraction of sp³-hybridized carbons (Fsp3) is 0.182. The van der Waals surface area contributed by atoms with Crippen molar-refractivity contribution in [3.05, 3.63) is 40.1 Å². The van der Waals surface area contributed by atoms with Gasteiger partial charge in [-0.3, -0.25) is 0 Å². The van der Waals surface area contributed by atoms with Crippen molar-refractivity contribution in [2.24, 2.45) is 0 Å². The van der Waals surface area contributed by atoms with Gasteiger partial charge in [-0.2, -0.15) is 5.10 Å². The highest BCUT2D eigenvalue weighted by Gasteiger charge is 2.21. The van der Waals surface area contributed by atoms with Gasteiger partial charge < -0.3 is 9.84 Å². The van der Waals surface area contributed by atoms with Gasteiger partial charge in [-0.05, 0) is 40.2 Å². The number of phenolic OH excluding ortho intramolecular Hbond substituents is 1. The molecule has 1 aliphatic rings. The van der Waals surface area contributed by atoms with E-state index in [2.05, 4.69) is 21.0 Å². The maximum atomic E-state index is 9.23. The van der Waals surface area contributed by atoms with Gasteiger partial charge in [-0.1, -0.05) is 0 Å². The third-order valence-corrected chi connectivity index (χ3v) is 3.40. The zero-order valence-electron chi connectivity index (χ0n) is 8.35. The van der Waals surface area contributed by atoms with E-state index in [4.69, 9.17) is 4.74 Å². The van der Waals surface area contributed by atoms with Crippen molar-refractivity contribution in [1.29, 1.82) is 0 Å². The number of hydrogen-bond donors (Lipinski definition) is 1. The smallest absolute Gasteiger partial charge is 0.115 e. The fourth-order valence-corrected chi connectivity index (χ4v) is 2.37. The minimum absolute atomic E-state index is 0.253.